The van der Waals surface area contributed by atoms with Gasteiger partial charge in [0.05, 0.1) is 22.4 Å². The Balaban J connectivity index is 1.66. The first-order valence-electron chi connectivity index (χ1n) is 8.43. The van der Waals surface area contributed by atoms with Crippen LogP contribution >= 0.6 is 22.9 Å². The van der Waals surface area contributed by atoms with E-state index in [2.05, 4.69) is 30.7 Å². The van der Waals surface area contributed by atoms with Crippen molar-refractivity contribution in [1.29, 1.82) is 0 Å². The van der Waals surface area contributed by atoms with Crippen LogP contribution in [0.25, 0.3) is 21.5 Å². The molecule has 0 aliphatic heterocycles. The summed E-state index contributed by atoms with van der Waals surface area (Å²) in [7, 11) is 0. The molecule has 146 valence electrons. The Morgan fingerprint density at radius 1 is 1.28 bits per heavy atom. The maximum atomic E-state index is 11.6. The van der Waals surface area contributed by atoms with Crippen LogP contribution in [0, 0.1) is 0 Å². The van der Waals surface area contributed by atoms with E-state index in [9.17, 15) is 9.59 Å². The van der Waals surface area contributed by atoms with Gasteiger partial charge in [-0.15, -0.1) is 10.2 Å². The Labute approximate surface area is 173 Å². The summed E-state index contributed by atoms with van der Waals surface area (Å²) in [6, 6.07) is 6.89. The number of aromatic nitrogens is 5. The molecule has 11 heteroatoms. The smallest absolute Gasteiger partial charge is 0.267 e. The SMILES string of the molecule is CC(=O)Cc1cc(-c2nnc(Nc3ccc4[nH]ncc4c3Cl)s2)cc(C(N)=O)n1. The first-order valence-corrected chi connectivity index (χ1v) is 9.63. The number of fused-ring (bicyclic) bond motifs is 1. The number of carbonyl (C=O) groups is 2. The van der Waals surface area contributed by atoms with Crippen molar-refractivity contribution in [3.05, 3.63) is 46.9 Å². The van der Waals surface area contributed by atoms with Crippen molar-refractivity contribution < 1.29 is 9.59 Å². The van der Waals surface area contributed by atoms with Gasteiger partial charge in [0, 0.05) is 23.1 Å². The number of halogens is 1. The van der Waals surface area contributed by atoms with Gasteiger partial charge in [-0.05, 0) is 31.2 Å². The second-order valence-corrected chi connectivity index (χ2v) is 7.63. The lowest BCUT2D eigenvalue weighted by atomic mass is 10.1. The second-order valence-electron chi connectivity index (χ2n) is 6.27. The summed E-state index contributed by atoms with van der Waals surface area (Å²) in [5.74, 6) is -0.756. The second kappa shape index (κ2) is 7.57. The number of nitrogens with two attached hydrogens (primary N) is 1. The van der Waals surface area contributed by atoms with E-state index in [1.807, 2.05) is 12.1 Å². The molecule has 4 aromatic rings. The number of ketones is 1. The molecule has 0 fully saturated rings. The quantitative estimate of drug-likeness (QED) is 0.429. The molecule has 0 atom stereocenters. The molecule has 1 aromatic carbocycles. The molecule has 4 rings (SSSR count). The summed E-state index contributed by atoms with van der Waals surface area (Å²) in [5.41, 5.74) is 7.97. The lowest BCUT2D eigenvalue weighted by molar-refractivity contribution is -0.116. The highest BCUT2D eigenvalue weighted by Gasteiger charge is 2.15. The van der Waals surface area contributed by atoms with Crippen molar-refractivity contribution in [1.82, 2.24) is 25.4 Å². The molecule has 29 heavy (non-hydrogen) atoms. The van der Waals surface area contributed by atoms with Crippen molar-refractivity contribution in [2.75, 3.05) is 5.32 Å². The number of anilines is 2. The van der Waals surface area contributed by atoms with Crippen LogP contribution in [0.5, 0.6) is 0 Å². The van der Waals surface area contributed by atoms with Crippen LogP contribution in [0.4, 0.5) is 10.8 Å². The molecule has 9 nitrogen and oxygen atoms in total. The number of hydrogen-bond acceptors (Lipinski definition) is 8. The van der Waals surface area contributed by atoms with Gasteiger partial charge >= 0.3 is 0 Å². The molecule has 3 aromatic heterocycles. The number of carbonyl (C=O) groups excluding carboxylic acids is 2. The molecule has 0 aliphatic rings. The number of H-pyrrole nitrogens is 1. The number of benzene rings is 1. The maximum Gasteiger partial charge on any atom is 0.267 e. The molecule has 0 radical (unpaired) electrons. The van der Waals surface area contributed by atoms with Crippen LogP contribution in [-0.4, -0.2) is 37.1 Å². The molecule has 3 heterocycles. The molecule has 4 N–H and O–H groups in total. The number of amides is 1. The van der Waals surface area contributed by atoms with Crippen molar-refractivity contribution in [2.45, 2.75) is 13.3 Å². The van der Waals surface area contributed by atoms with Gasteiger partial charge in [-0.1, -0.05) is 22.9 Å². The van der Waals surface area contributed by atoms with E-state index in [-0.39, 0.29) is 17.9 Å². The van der Waals surface area contributed by atoms with Crippen molar-refractivity contribution in [3.8, 4) is 10.6 Å². The highest BCUT2D eigenvalue weighted by atomic mass is 35.5. The molecule has 0 spiro atoms. The highest BCUT2D eigenvalue weighted by Crippen LogP contribution is 2.34. The third kappa shape index (κ3) is 3.93. The summed E-state index contributed by atoms with van der Waals surface area (Å²) in [6.45, 7) is 1.45. The number of Topliss-reactive ketones (excluding diaryl/α,β-unsaturated/α-hetero) is 1. The van der Waals surface area contributed by atoms with E-state index < -0.39 is 5.91 Å². The summed E-state index contributed by atoms with van der Waals surface area (Å²) in [6.07, 6.45) is 1.74. The van der Waals surface area contributed by atoms with Gasteiger partial charge in [0.15, 0.2) is 0 Å². The zero-order valence-corrected chi connectivity index (χ0v) is 16.6. The van der Waals surface area contributed by atoms with Gasteiger partial charge in [-0.25, -0.2) is 4.98 Å². The summed E-state index contributed by atoms with van der Waals surface area (Å²) in [4.78, 5) is 27.2. The van der Waals surface area contributed by atoms with E-state index >= 15 is 0 Å². The third-order valence-electron chi connectivity index (χ3n) is 4.03. The van der Waals surface area contributed by atoms with Crippen LogP contribution in [0.1, 0.15) is 23.1 Å². The van der Waals surface area contributed by atoms with Gasteiger partial charge in [0.1, 0.15) is 16.5 Å². The minimum atomic E-state index is -0.681. The van der Waals surface area contributed by atoms with Gasteiger partial charge in [0.2, 0.25) is 5.13 Å². The standard InChI is InChI=1S/C18H14ClN7O2S/c1-8(27)4-10-5-9(6-14(22-10)16(20)28)17-25-26-18(29-17)23-13-3-2-12-11(15(13)19)7-21-24-12/h2-3,5-7H,4H2,1H3,(H2,20,28)(H,21,24)(H,23,26). The van der Waals surface area contributed by atoms with Crippen LogP contribution in [0.2, 0.25) is 5.02 Å². The average molecular weight is 428 g/mol. The first-order chi connectivity index (χ1) is 13.9. The summed E-state index contributed by atoms with van der Waals surface area (Å²) in [5, 5.41) is 20.6. The Morgan fingerprint density at radius 3 is 2.86 bits per heavy atom. The number of primary amides is 1. The molecular formula is C18H14ClN7O2S. The number of nitrogens with one attached hydrogen (secondary N) is 2. The van der Waals surface area contributed by atoms with Crippen LogP contribution in [0.15, 0.2) is 30.5 Å². The fourth-order valence-corrected chi connectivity index (χ4v) is 3.77. The van der Waals surface area contributed by atoms with E-state index in [0.29, 0.717) is 32.1 Å². The maximum absolute atomic E-state index is 11.6. The lowest BCUT2D eigenvalue weighted by Crippen LogP contribution is -2.15. The first kappa shape index (κ1) is 19.0. The monoisotopic (exact) mass is 427 g/mol. The Morgan fingerprint density at radius 2 is 2.10 bits per heavy atom. The predicted octanol–water partition coefficient (Wildman–Crippen LogP) is 3.10. The summed E-state index contributed by atoms with van der Waals surface area (Å²) >= 11 is 7.69. The minimum Gasteiger partial charge on any atom is -0.364 e. The lowest BCUT2D eigenvalue weighted by Gasteiger charge is -2.05. The van der Waals surface area contributed by atoms with E-state index in [0.717, 1.165) is 10.9 Å². The number of aromatic amines is 1. The van der Waals surface area contributed by atoms with Crippen LogP contribution in [0.3, 0.4) is 0 Å². The normalized spacial score (nSPS) is 11.0. The zero-order valence-electron chi connectivity index (χ0n) is 15.1. The Hall–Kier alpha value is -3.37. The number of rotatable bonds is 6. The zero-order chi connectivity index (χ0) is 20.5. The number of nitrogens with zero attached hydrogens (tertiary/aromatic N) is 4. The van der Waals surface area contributed by atoms with E-state index in [1.54, 1.807) is 12.3 Å². The fourth-order valence-electron chi connectivity index (χ4n) is 2.77. The van der Waals surface area contributed by atoms with Gasteiger partial charge in [-0.2, -0.15) is 5.10 Å². The number of pyridine rings is 1. The Bertz CT molecular complexity index is 1250. The van der Waals surface area contributed by atoms with Gasteiger partial charge < -0.3 is 11.1 Å². The fraction of sp³-hybridized carbons (Fsp3) is 0.111. The topological polar surface area (TPSA) is 140 Å². The third-order valence-corrected chi connectivity index (χ3v) is 5.33. The predicted molar refractivity (Wildman–Crippen MR) is 110 cm³/mol. The van der Waals surface area contributed by atoms with E-state index in [4.69, 9.17) is 17.3 Å². The highest BCUT2D eigenvalue weighted by molar-refractivity contribution is 7.18. The van der Waals surface area contributed by atoms with Crippen LogP contribution in [-0.2, 0) is 11.2 Å². The van der Waals surface area contributed by atoms with Crippen LogP contribution < -0.4 is 11.1 Å². The van der Waals surface area contributed by atoms with E-state index in [1.165, 1.54) is 24.3 Å². The largest absolute Gasteiger partial charge is 0.364 e. The summed E-state index contributed by atoms with van der Waals surface area (Å²) < 4.78 is 0. The molecule has 0 saturated carbocycles. The van der Waals surface area contributed by atoms with Gasteiger partial charge in [-0.3, -0.25) is 14.7 Å². The average Bonchev–Trinajstić information content (AvgIpc) is 3.33. The molecular weight excluding hydrogens is 414 g/mol. The van der Waals surface area contributed by atoms with Crippen molar-refractivity contribution >= 4 is 56.4 Å². The number of hydrogen-bond donors (Lipinski definition) is 3. The van der Waals surface area contributed by atoms with Gasteiger partial charge in [0.25, 0.3) is 5.91 Å². The molecule has 1 amide bonds. The minimum absolute atomic E-state index is 0.0666. The molecule has 0 bridgehead atoms. The Kier molecular flexibility index (Phi) is 4.95. The molecule has 0 unspecified atom stereocenters. The molecule has 0 saturated heterocycles. The molecule has 0 aliphatic carbocycles. The van der Waals surface area contributed by atoms with Crippen molar-refractivity contribution in [3.63, 3.8) is 0 Å². The van der Waals surface area contributed by atoms with Crippen molar-refractivity contribution in [2.24, 2.45) is 5.73 Å².